The molecule has 3 atom stereocenters. The van der Waals surface area contributed by atoms with Crippen LogP contribution in [0, 0.1) is 11.8 Å². The molecule has 0 radical (unpaired) electrons. The highest BCUT2D eigenvalue weighted by Gasteiger charge is 2.37. The van der Waals surface area contributed by atoms with Gasteiger partial charge in [-0.1, -0.05) is 96.8 Å². The van der Waals surface area contributed by atoms with Gasteiger partial charge in [-0.3, -0.25) is 9.78 Å². The van der Waals surface area contributed by atoms with E-state index in [0.717, 1.165) is 37.9 Å². The van der Waals surface area contributed by atoms with E-state index in [9.17, 15) is 4.79 Å². The van der Waals surface area contributed by atoms with Gasteiger partial charge in [-0.15, -0.1) is 0 Å². The molecule has 0 aliphatic heterocycles. The fraction of sp³-hybridized carbons (Fsp3) is 0.710. The van der Waals surface area contributed by atoms with E-state index in [0.29, 0.717) is 29.6 Å². The van der Waals surface area contributed by atoms with E-state index in [-0.39, 0.29) is 17.5 Å². The molecule has 39 heavy (non-hydrogen) atoms. The standard InChI is InChI=1S/C31H51N5O3/c1-5-7-8-9-14-17-20-38-39-23(3)18-15-12-10-11-13-16-19-25-21-27(24(4)26(25)6-2)36-22-33-28-29(36)34-31(32)35-30(28)37/h22,25-27H,3-21H2,1-2H3,(H3,32,34,35,37)/t25-,26-,27-/m0/s1. The molecule has 0 bridgehead atoms. The summed E-state index contributed by atoms with van der Waals surface area (Å²) in [6, 6.07) is 0.115. The number of unbranched alkanes of at least 4 members (excludes halogenated alkanes) is 10. The minimum absolute atomic E-state index is 0.115. The Kier molecular flexibility index (Phi) is 13.1. The number of aromatic nitrogens is 4. The van der Waals surface area contributed by atoms with Crippen molar-refractivity contribution in [2.45, 2.75) is 123 Å². The number of anilines is 1. The third-order valence-corrected chi connectivity index (χ3v) is 8.26. The number of imidazole rings is 1. The lowest BCUT2D eigenvalue weighted by Crippen LogP contribution is -2.14. The zero-order valence-corrected chi connectivity index (χ0v) is 24.4. The predicted octanol–water partition coefficient (Wildman–Crippen LogP) is 7.79. The van der Waals surface area contributed by atoms with Crippen molar-refractivity contribution in [2.75, 3.05) is 12.3 Å². The summed E-state index contributed by atoms with van der Waals surface area (Å²) in [5, 5.41) is 0. The van der Waals surface area contributed by atoms with E-state index >= 15 is 0 Å². The van der Waals surface area contributed by atoms with Crippen molar-refractivity contribution in [2.24, 2.45) is 11.8 Å². The molecular formula is C31H51N5O3. The van der Waals surface area contributed by atoms with Crippen molar-refractivity contribution in [1.82, 2.24) is 19.5 Å². The number of nitrogens with two attached hydrogens (primary N) is 1. The van der Waals surface area contributed by atoms with Crippen LogP contribution in [0.5, 0.6) is 0 Å². The number of fused-ring (bicyclic) bond motifs is 1. The third-order valence-electron chi connectivity index (χ3n) is 8.26. The highest BCUT2D eigenvalue weighted by molar-refractivity contribution is 5.70. The van der Waals surface area contributed by atoms with Crippen LogP contribution in [0.25, 0.3) is 11.2 Å². The maximum absolute atomic E-state index is 12.2. The number of aromatic amines is 1. The molecule has 8 nitrogen and oxygen atoms in total. The van der Waals surface area contributed by atoms with E-state index in [4.69, 9.17) is 15.5 Å². The third kappa shape index (κ3) is 9.23. The normalized spacial score (nSPS) is 19.2. The molecule has 3 rings (SSSR count). The van der Waals surface area contributed by atoms with Crippen LogP contribution in [0.4, 0.5) is 5.95 Å². The largest absolute Gasteiger partial charge is 0.369 e. The summed E-state index contributed by atoms with van der Waals surface area (Å²) in [5.41, 5.74) is 7.62. The van der Waals surface area contributed by atoms with Crippen molar-refractivity contribution < 1.29 is 9.78 Å². The number of rotatable bonds is 20. The summed E-state index contributed by atoms with van der Waals surface area (Å²) >= 11 is 0. The Labute approximate surface area is 234 Å². The monoisotopic (exact) mass is 541 g/mol. The summed E-state index contributed by atoms with van der Waals surface area (Å²) in [5.74, 6) is 1.95. The van der Waals surface area contributed by atoms with Gasteiger partial charge in [-0.25, -0.2) is 4.98 Å². The number of nitrogens with one attached hydrogen (secondary N) is 1. The molecule has 8 heteroatoms. The Morgan fingerprint density at radius 1 is 1.08 bits per heavy atom. The minimum atomic E-state index is -0.294. The van der Waals surface area contributed by atoms with Gasteiger partial charge in [-0.2, -0.15) is 9.87 Å². The molecule has 1 saturated carbocycles. The zero-order valence-electron chi connectivity index (χ0n) is 24.4. The molecule has 0 aromatic carbocycles. The van der Waals surface area contributed by atoms with Gasteiger partial charge in [0.2, 0.25) is 5.95 Å². The Bertz CT molecular complexity index is 1090. The molecule has 0 unspecified atom stereocenters. The molecule has 218 valence electrons. The van der Waals surface area contributed by atoms with Crippen molar-refractivity contribution in [1.29, 1.82) is 0 Å². The minimum Gasteiger partial charge on any atom is -0.369 e. The second kappa shape index (κ2) is 16.5. The zero-order chi connectivity index (χ0) is 28.0. The summed E-state index contributed by atoms with van der Waals surface area (Å²) in [6.07, 6.45) is 20.7. The van der Waals surface area contributed by atoms with Crippen LogP contribution in [-0.2, 0) is 9.78 Å². The van der Waals surface area contributed by atoms with E-state index in [1.807, 2.05) is 4.57 Å². The SMILES string of the molecule is C=C(CCCCCCCC[C@H]1C[C@H](n2cnc3c(=O)[nH]c(N)nc32)C(=C)[C@@H]1CC)OOCCCCCCCC. The number of nitrogens with zero attached hydrogens (tertiary/aromatic N) is 3. The number of H-pyrrole nitrogens is 1. The van der Waals surface area contributed by atoms with Gasteiger partial charge in [0.05, 0.1) is 19.0 Å². The molecule has 0 saturated heterocycles. The van der Waals surface area contributed by atoms with Crippen molar-refractivity contribution in [3.63, 3.8) is 0 Å². The molecule has 1 fully saturated rings. The van der Waals surface area contributed by atoms with Gasteiger partial charge >= 0.3 is 0 Å². The van der Waals surface area contributed by atoms with Crippen molar-refractivity contribution in [3.05, 3.63) is 41.2 Å². The van der Waals surface area contributed by atoms with Crippen LogP contribution in [0.1, 0.15) is 123 Å². The van der Waals surface area contributed by atoms with E-state index in [1.165, 1.54) is 76.2 Å². The Balaban J connectivity index is 1.28. The first kappa shape index (κ1) is 30.9. The molecule has 2 heterocycles. The second-order valence-electron chi connectivity index (χ2n) is 11.2. The lowest BCUT2D eigenvalue weighted by Gasteiger charge is -2.18. The molecule has 1 aliphatic rings. The van der Waals surface area contributed by atoms with Crippen LogP contribution < -0.4 is 11.3 Å². The maximum Gasteiger partial charge on any atom is 0.280 e. The number of hydrogen-bond donors (Lipinski definition) is 2. The molecule has 0 amide bonds. The number of allylic oxidation sites excluding steroid dienone is 2. The summed E-state index contributed by atoms with van der Waals surface area (Å²) in [7, 11) is 0. The maximum atomic E-state index is 12.2. The number of nitrogen functional groups attached to an aromatic ring is 1. The smallest absolute Gasteiger partial charge is 0.280 e. The molecule has 1 aliphatic carbocycles. The molecule has 0 spiro atoms. The lowest BCUT2D eigenvalue weighted by molar-refractivity contribution is -0.264. The van der Waals surface area contributed by atoms with Crippen LogP contribution in [0.15, 0.2) is 35.6 Å². The Morgan fingerprint density at radius 3 is 2.51 bits per heavy atom. The van der Waals surface area contributed by atoms with Crippen molar-refractivity contribution >= 4 is 17.1 Å². The van der Waals surface area contributed by atoms with Gasteiger partial charge in [-0.05, 0) is 43.9 Å². The predicted molar refractivity (Wildman–Crippen MR) is 159 cm³/mol. The van der Waals surface area contributed by atoms with Gasteiger partial charge in [0.25, 0.3) is 5.56 Å². The average Bonchev–Trinajstić information content (AvgIpc) is 3.47. The van der Waals surface area contributed by atoms with E-state index in [1.54, 1.807) is 6.33 Å². The Hall–Kier alpha value is -2.61. The summed E-state index contributed by atoms with van der Waals surface area (Å²) < 4.78 is 2.00. The topological polar surface area (TPSA) is 108 Å². The average molecular weight is 542 g/mol. The fourth-order valence-electron chi connectivity index (χ4n) is 6.07. The van der Waals surface area contributed by atoms with E-state index < -0.39 is 0 Å². The van der Waals surface area contributed by atoms with Gasteiger partial charge in [0.1, 0.15) is 5.76 Å². The van der Waals surface area contributed by atoms with Crippen LogP contribution in [0.3, 0.4) is 0 Å². The Morgan fingerprint density at radius 2 is 1.77 bits per heavy atom. The van der Waals surface area contributed by atoms with Crippen molar-refractivity contribution in [3.8, 4) is 0 Å². The van der Waals surface area contributed by atoms with Gasteiger partial charge < -0.3 is 15.2 Å². The highest BCUT2D eigenvalue weighted by atomic mass is 17.2. The molecule has 2 aromatic rings. The van der Waals surface area contributed by atoms with Gasteiger partial charge in [0, 0.05) is 6.42 Å². The highest BCUT2D eigenvalue weighted by Crippen LogP contribution is 2.47. The lowest BCUT2D eigenvalue weighted by atomic mass is 9.87. The first-order chi connectivity index (χ1) is 19.0. The molecular weight excluding hydrogens is 490 g/mol. The first-order valence-corrected chi connectivity index (χ1v) is 15.3. The van der Waals surface area contributed by atoms with Crippen LogP contribution in [-0.4, -0.2) is 26.1 Å². The quantitative estimate of drug-likeness (QED) is 0.0582. The summed E-state index contributed by atoms with van der Waals surface area (Å²) in [6.45, 7) is 13.6. The van der Waals surface area contributed by atoms with Gasteiger partial charge in [0.15, 0.2) is 11.2 Å². The number of hydrogen-bond acceptors (Lipinski definition) is 6. The molecule has 3 N–H and O–H groups in total. The fourth-order valence-corrected chi connectivity index (χ4v) is 6.07. The van der Waals surface area contributed by atoms with Crippen LogP contribution in [0.2, 0.25) is 0 Å². The molecule has 2 aromatic heterocycles. The van der Waals surface area contributed by atoms with E-state index in [2.05, 4.69) is 42.0 Å². The van der Waals surface area contributed by atoms with Crippen LogP contribution >= 0.6 is 0 Å². The second-order valence-corrected chi connectivity index (χ2v) is 11.2. The first-order valence-electron chi connectivity index (χ1n) is 15.3. The summed E-state index contributed by atoms with van der Waals surface area (Å²) in [4.78, 5) is 34.1.